The molecule has 0 radical (unpaired) electrons. The second-order valence-electron chi connectivity index (χ2n) is 9.59. The van der Waals surface area contributed by atoms with Gasteiger partial charge in [-0.15, -0.1) is 0 Å². The van der Waals surface area contributed by atoms with Gasteiger partial charge < -0.3 is 29.9 Å². The lowest BCUT2D eigenvalue weighted by Crippen LogP contribution is -2.40. The number of carbonyl (C=O) groups is 4. The van der Waals surface area contributed by atoms with E-state index in [2.05, 4.69) is 5.32 Å². The Morgan fingerprint density at radius 2 is 1.82 bits per heavy atom. The molecule has 1 unspecified atom stereocenters. The normalized spacial score (nSPS) is 19.5. The molecule has 2 heterocycles. The smallest absolute Gasteiger partial charge is 0.323 e. The fourth-order valence-corrected chi connectivity index (χ4v) is 5.24. The first-order valence-electron chi connectivity index (χ1n) is 11.7. The van der Waals surface area contributed by atoms with E-state index in [0.29, 0.717) is 16.6 Å². The van der Waals surface area contributed by atoms with Gasteiger partial charge in [0.05, 0.1) is 16.7 Å². The molecule has 3 aromatic rings. The summed E-state index contributed by atoms with van der Waals surface area (Å²) >= 11 is 0. The lowest BCUT2D eigenvalue weighted by atomic mass is 9.70. The number of aromatic nitrogens is 1. The molecule has 0 amide bonds. The first-order valence-corrected chi connectivity index (χ1v) is 11.7. The first kappa shape index (κ1) is 24.8. The van der Waals surface area contributed by atoms with Gasteiger partial charge in [-0.1, -0.05) is 6.07 Å². The van der Waals surface area contributed by atoms with Crippen molar-refractivity contribution in [2.24, 2.45) is 0 Å². The minimum atomic E-state index is -1.62. The number of carbonyl (C=O) groups excluding carboxylic acids is 3. The molecule has 2 aliphatic rings. The number of carboxylic acid groups (broad SMARTS) is 1. The Kier molecular flexibility index (Phi) is 5.45. The quantitative estimate of drug-likeness (QED) is 0.226. The summed E-state index contributed by atoms with van der Waals surface area (Å²) in [5.74, 6) is -3.83. The minimum Gasteiger partial charge on any atom is -0.507 e. The van der Waals surface area contributed by atoms with Crippen LogP contribution in [0.3, 0.4) is 0 Å². The Balaban J connectivity index is 1.64. The summed E-state index contributed by atoms with van der Waals surface area (Å²) in [6.07, 6.45) is 2.79. The van der Waals surface area contributed by atoms with Crippen molar-refractivity contribution in [1.82, 2.24) is 4.57 Å². The van der Waals surface area contributed by atoms with Crippen molar-refractivity contribution < 1.29 is 39.2 Å². The molecule has 0 fully saturated rings. The highest BCUT2D eigenvalue weighted by Gasteiger charge is 2.56. The Hall–Kier alpha value is -4.86. The highest BCUT2D eigenvalue weighted by Crippen LogP contribution is 2.57. The molecule has 4 N–H and O–H groups in total. The summed E-state index contributed by atoms with van der Waals surface area (Å²) in [5.41, 5.74) is -0.476. The molecule has 0 saturated carbocycles. The fraction of sp³-hybridized carbons (Fsp3) is 0.214. The molecule has 1 aliphatic heterocycles. The number of phenolic OH excluding ortho intramolecular Hbond substituents is 2. The fourth-order valence-electron chi connectivity index (χ4n) is 5.24. The van der Waals surface area contributed by atoms with E-state index in [1.165, 1.54) is 20.8 Å². The van der Waals surface area contributed by atoms with Gasteiger partial charge in [0.2, 0.25) is 0 Å². The van der Waals surface area contributed by atoms with E-state index in [1.807, 2.05) is 0 Å². The second kappa shape index (κ2) is 8.34. The van der Waals surface area contributed by atoms with Gasteiger partial charge in [-0.05, 0) is 45.9 Å². The molecule has 1 aliphatic carbocycles. The van der Waals surface area contributed by atoms with Crippen molar-refractivity contribution in [2.75, 3.05) is 5.32 Å². The van der Waals surface area contributed by atoms with Gasteiger partial charge in [-0.2, -0.15) is 0 Å². The molecule has 10 heteroatoms. The molecule has 194 valence electrons. The number of allylic oxidation sites excluding steroid dienone is 4. The highest BCUT2D eigenvalue weighted by molar-refractivity contribution is 6.31. The number of fused-ring (bicyclic) bond motifs is 4. The molecule has 0 bridgehead atoms. The predicted octanol–water partition coefficient (Wildman–Crippen LogP) is 3.72. The zero-order chi connectivity index (χ0) is 27.7. The molecule has 1 aromatic heterocycles. The van der Waals surface area contributed by atoms with Crippen molar-refractivity contribution in [3.63, 3.8) is 0 Å². The van der Waals surface area contributed by atoms with Crippen molar-refractivity contribution in [1.29, 1.82) is 0 Å². The number of anilines is 1. The Bertz CT molecular complexity index is 1690. The molecule has 5 rings (SSSR count). The molecule has 2 aromatic carbocycles. The van der Waals surface area contributed by atoms with E-state index in [9.17, 15) is 34.5 Å². The average molecular weight is 517 g/mol. The van der Waals surface area contributed by atoms with Crippen LogP contribution in [0.2, 0.25) is 0 Å². The van der Waals surface area contributed by atoms with Crippen LogP contribution in [0.15, 0.2) is 53.6 Å². The third kappa shape index (κ3) is 3.33. The van der Waals surface area contributed by atoms with Crippen molar-refractivity contribution in [2.45, 2.75) is 39.7 Å². The molecular formula is C28H24N2O8. The van der Waals surface area contributed by atoms with Gasteiger partial charge in [-0.3, -0.25) is 19.2 Å². The number of phenols is 2. The standard InChI is InChI=1S/C28H24N2O8/c1-12-24(35)22(14(3)31)26-23(25(12)36)28(4)19(38-26)10-18(32)21(27(28)37)13(2)29-16-6-5-7-17-15(16)8-9-30(17)11-20(33)34/h5-10,29,35-36H,11H2,1-4H3,(H,33,34). The van der Waals surface area contributed by atoms with Crippen LogP contribution in [-0.4, -0.2) is 43.2 Å². The molecule has 0 saturated heterocycles. The number of aromatic hydroxyl groups is 2. The highest BCUT2D eigenvalue weighted by atomic mass is 16.5. The zero-order valence-corrected chi connectivity index (χ0v) is 21.0. The topological polar surface area (TPSA) is 155 Å². The number of aliphatic carboxylic acids is 1. The summed E-state index contributed by atoms with van der Waals surface area (Å²) in [6, 6.07) is 6.96. The van der Waals surface area contributed by atoms with E-state index < -0.39 is 40.2 Å². The third-order valence-corrected chi connectivity index (χ3v) is 7.20. The number of nitrogens with zero attached hydrogens (tertiary/aromatic N) is 1. The van der Waals surface area contributed by atoms with Crippen LogP contribution in [0.5, 0.6) is 17.2 Å². The maximum absolute atomic E-state index is 14.0. The van der Waals surface area contributed by atoms with Crippen LogP contribution >= 0.6 is 0 Å². The molecule has 0 spiro atoms. The van der Waals surface area contributed by atoms with Crippen LogP contribution in [-0.2, 0) is 26.3 Å². The van der Waals surface area contributed by atoms with Crippen molar-refractivity contribution in [3.8, 4) is 17.2 Å². The number of hydrogen-bond acceptors (Lipinski definition) is 8. The maximum Gasteiger partial charge on any atom is 0.323 e. The van der Waals surface area contributed by atoms with Gasteiger partial charge >= 0.3 is 5.97 Å². The number of carboxylic acids is 1. The lowest BCUT2D eigenvalue weighted by molar-refractivity contribution is -0.137. The van der Waals surface area contributed by atoms with Crippen LogP contribution in [0.4, 0.5) is 5.69 Å². The second-order valence-corrected chi connectivity index (χ2v) is 9.59. The summed E-state index contributed by atoms with van der Waals surface area (Å²) in [7, 11) is 0. The van der Waals surface area contributed by atoms with Crippen molar-refractivity contribution in [3.05, 3.63) is 70.3 Å². The summed E-state index contributed by atoms with van der Waals surface area (Å²) in [6.45, 7) is 5.49. The van der Waals surface area contributed by atoms with Crippen LogP contribution < -0.4 is 10.1 Å². The van der Waals surface area contributed by atoms with Gasteiger partial charge in [0.1, 0.15) is 40.5 Å². The monoisotopic (exact) mass is 516 g/mol. The van der Waals surface area contributed by atoms with E-state index in [1.54, 1.807) is 42.0 Å². The summed E-state index contributed by atoms with van der Waals surface area (Å²) in [4.78, 5) is 50.7. The number of rotatable bonds is 5. The summed E-state index contributed by atoms with van der Waals surface area (Å²) in [5, 5.41) is 34.4. The van der Waals surface area contributed by atoms with E-state index in [-0.39, 0.29) is 46.0 Å². The molecular weight excluding hydrogens is 492 g/mol. The number of hydrogen-bond donors (Lipinski definition) is 4. The average Bonchev–Trinajstić information content (AvgIpc) is 3.37. The first-order chi connectivity index (χ1) is 17.9. The molecule has 1 atom stereocenters. The van der Waals surface area contributed by atoms with E-state index >= 15 is 0 Å². The van der Waals surface area contributed by atoms with Gasteiger partial charge in [-0.25, -0.2) is 0 Å². The number of benzene rings is 2. The Labute approximate surface area is 216 Å². The predicted molar refractivity (Wildman–Crippen MR) is 136 cm³/mol. The molecule has 10 nitrogen and oxygen atoms in total. The number of ether oxygens (including phenoxy) is 1. The number of ketones is 3. The lowest BCUT2D eigenvalue weighted by Gasteiger charge is -2.29. The number of Topliss-reactive ketones (excluding diaryl/α,β-unsaturated/α-hetero) is 2. The van der Waals surface area contributed by atoms with Gasteiger partial charge in [0.15, 0.2) is 17.3 Å². The largest absolute Gasteiger partial charge is 0.507 e. The zero-order valence-electron chi connectivity index (χ0n) is 21.0. The summed E-state index contributed by atoms with van der Waals surface area (Å²) < 4.78 is 7.35. The maximum atomic E-state index is 14.0. The van der Waals surface area contributed by atoms with Gasteiger partial charge in [0.25, 0.3) is 0 Å². The minimum absolute atomic E-state index is 0.0138. The Morgan fingerprint density at radius 1 is 1.11 bits per heavy atom. The Morgan fingerprint density at radius 3 is 2.47 bits per heavy atom. The van der Waals surface area contributed by atoms with Crippen LogP contribution in [0.25, 0.3) is 10.9 Å². The van der Waals surface area contributed by atoms with Crippen LogP contribution in [0.1, 0.15) is 42.3 Å². The van der Waals surface area contributed by atoms with E-state index in [4.69, 9.17) is 4.74 Å². The SMILES string of the molecule is CC(=O)c1c(O)c(C)c(O)c2c1OC1=CC(=O)C(=C(C)Nc3cccc4c3ccn4CC(=O)O)C(=O)C12C. The van der Waals surface area contributed by atoms with E-state index in [0.717, 1.165) is 6.08 Å². The number of nitrogens with one attached hydrogen (secondary N) is 1. The van der Waals surface area contributed by atoms with Gasteiger partial charge in [0, 0.05) is 34.6 Å². The van der Waals surface area contributed by atoms with Crippen LogP contribution in [0, 0.1) is 6.92 Å². The third-order valence-electron chi connectivity index (χ3n) is 7.20. The van der Waals surface area contributed by atoms with Crippen molar-refractivity contribution >= 4 is 39.9 Å². The molecule has 38 heavy (non-hydrogen) atoms.